The predicted octanol–water partition coefficient (Wildman–Crippen LogP) is 5.12. The number of hydrogen-bond donors (Lipinski definition) is 3. The Labute approximate surface area is 225 Å². The Kier molecular flexibility index (Phi) is 7.75. The molecule has 12 heteroatoms. The summed E-state index contributed by atoms with van der Waals surface area (Å²) in [6.45, 7) is 0.398. The summed E-state index contributed by atoms with van der Waals surface area (Å²) >= 11 is 12.2. The molecule has 0 radical (unpaired) electrons. The number of rotatable bonds is 5. The van der Waals surface area contributed by atoms with Crippen molar-refractivity contribution in [3.05, 3.63) is 105 Å². The van der Waals surface area contributed by atoms with Crippen molar-refractivity contribution in [2.24, 2.45) is 0 Å². The average Bonchev–Trinajstić information content (AvgIpc) is 3.24. The monoisotopic (exact) mass is 562 g/mol. The number of carbonyl (C=O) groups excluding carboxylic acids is 3. The third-order valence-corrected chi connectivity index (χ3v) is 6.33. The first-order chi connectivity index (χ1) is 17.9. The molecule has 1 atom stereocenters. The summed E-state index contributed by atoms with van der Waals surface area (Å²) < 4.78 is 37.2. The van der Waals surface area contributed by atoms with E-state index in [0.717, 1.165) is 11.1 Å². The van der Waals surface area contributed by atoms with Gasteiger partial charge in [-0.1, -0.05) is 59.6 Å². The Morgan fingerprint density at radius 1 is 0.921 bits per heavy atom. The number of hydrogen-bond acceptors (Lipinski definition) is 4. The first-order valence-electron chi connectivity index (χ1n) is 11.1. The number of amides is 3. The largest absolute Gasteiger partial charge is 0.471 e. The molecule has 196 valence electrons. The molecule has 0 saturated carbocycles. The fourth-order valence-electron chi connectivity index (χ4n) is 4.08. The van der Waals surface area contributed by atoms with E-state index < -0.39 is 29.9 Å². The molecule has 1 aliphatic rings. The molecular formula is C26H19Cl2F3N4O3. The smallest absolute Gasteiger partial charge is 0.350 e. The van der Waals surface area contributed by atoms with E-state index in [1.165, 1.54) is 47.8 Å². The molecule has 7 nitrogen and oxygen atoms in total. The Balaban J connectivity index is 1.47. The van der Waals surface area contributed by atoms with Gasteiger partial charge in [-0.3, -0.25) is 19.8 Å². The van der Waals surface area contributed by atoms with Crippen molar-refractivity contribution in [1.29, 1.82) is 5.41 Å². The van der Waals surface area contributed by atoms with Crippen LogP contribution in [0.15, 0.2) is 66.7 Å². The van der Waals surface area contributed by atoms with Crippen LogP contribution in [-0.4, -0.2) is 41.2 Å². The summed E-state index contributed by atoms with van der Waals surface area (Å²) in [5.41, 5.74) is 2.27. The van der Waals surface area contributed by atoms with Crippen LogP contribution in [0.4, 0.5) is 13.2 Å². The molecule has 0 fully saturated rings. The van der Waals surface area contributed by atoms with Gasteiger partial charge in [0.25, 0.3) is 11.8 Å². The van der Waals surface area contributed by atoms with Crippen LogP contribution in [0.2, 0.25) is 10.0 Å². The highest BCUT2D eigenvalue weighted by Gasteiger charge is 2.39. The van der Waals surface area contributed by atoms with Gasteiger partial charge in [-0.2, -0.15) is 13.2 Å². The lowest BCUT2D eigenvalue weighted by atomic mass is 10.0. The SMILES string of the molecule is N=C(NC(=O)C(F)(F)F)c1ccc(C(=O)NCC2c3ccccc3CN2C(=O)c2cc(Cl)cc(Cl)c2)cc1. The van der Waals surface area contributed by atoms with Crippen LogP contribution in [0, 0.1) is 5.41 Å². The van der Waals surface area contributed by atoms with Gasteiger partial charge in [0.05, 0.1) is 6.04 Å². The fraction of sp³-hybridized carbons (Fsp3) is 0.154. The predicted molar refractivity (Wildman–Crippen MR) is 135 cm³/mol. The molecule has 0 aromatic heterocycles. The van der Waals surface area contributed by atoms with Gasteiger partial charge >= 0.3 is 12.1 Å². The van der Waals surface area contributed by atoms with Crippen molar-refractivity contribution in [3.8, 4) is 0 Å². The molecule has 3 amide bonds. The van der Waals surface area contributed by atoms with Gasteiger partial charge < -0.3 is 15.5 Å². The Bertz CT molecular complexity index is 1410. The van der Waals surface area contributed by atoms with Gasteiger partial charge in [0, 0.05) is 39.8 Å². The lowest BCUT2D eigenvalue weighted by Crippen LogP contribution is -2.40. The van der Waals surface area contributed by atoms with E-state index in [9.17, 15) is 27.6 Å². The highest BCUT2D eigenvalue weighted by Crippen LogP contribution is 2.35. The average molecular weight is 563 g/mol. The maximum atomic E-state index is 13.4. The molecule has 0 spiro atoms. The molecule has 0 aliphatic carbocycles. The Morgan fingerprint density at radius 2 is 1.53 bits per heavy atom. The van der Waals surface area contributed by atoms with Crippen molar-refractivity contribution >= 4 is 46.8 Å². The molecule has 3 aromatic rings. The molecule has 1 unspecified atom stereocenters. The topological polar surface area (TPSA) is 102 Å². The van der Waals surface area contributed by atoms with Crippen molar-refractivity contribution < 1.29 is 27.6 Å². The second kappa shape index (κ2) is 10.8. The number of benzene rings is 3. The summed E-state index contributed by atoms with van der Waals surface area (Å²) in [4.78, 5) is 38.8. The Morgan fingerprint density at radius 3 is 2.16 bits per heavy atom. The normalized spacial score (nSPS) is 14.6. The van der Waals surface area contributed by atoms with E-state index in [0.29, 0.717) is 22.2 Å². The molecule has 0 bridgehead atoms. The number of nitrogens with one attached hydrogen (secondary N) is 3. The number of nitrogens with zero attached hydrogens (tertiary/aromatic N) is 1. The zero-order valence-corrected chi connectivity index (χ0v) is 20.9. The summed E-state index contributed by atoms with van der Waals surface area (Å²) in [5.74, 6) is -3.82. The summed E-state index contributed by atoms with van der Waals surface area (Å²) in [7, 11) is 0. The van der Waals surface area contributed by atoms with E-state index >= 15 is 0 Å². The highest BCUT2D eigenvalue weighted by molar-refractivity contribution is 6.35. The van der Waals surface area contributed by atoms with Crippen LogP contribution in [0.3, 0.4) is 0 Å². The molecule has 0 saturated heterocycles. The minimum Gasteiger partial charge on any atom is -0.350 e. The van der Waals surface area contributed by atoms with Gasteiger partial charge in [0.15, 0.2) is 0 Å². The van der Waals surface area contributed by atoms with Gasteiger partial charge in [-0.15, -0.1) is 0 Å². The van der Waals surface area contributed by atoms with Gasteiger partial charge in [-0.05, 0) is 41.5 Å². The van der Waals surface area contributed by atoms with Crippen LogP contribution in [0.1, 0.15) is 43.4 Å². The third-order valence-electron chi connectivity index (χ3n) is 5.89. The van der Waals surface area contributed by atoms with Crippen molar-refractivity contribution in [3.63, 3.8) is 0 Å². The fourth-order valence-corrected chi connectivity index (χ4v) is 4.60. The first-order valence-corrected chi connectivity index (χ1v) is 11.9. The van der Waals surface area contributed by atoms with Crippen molar-refractivity contribution in [2.45, 2.75) is 18.8 Å². The number of alkyl halides is 3. The maximum absolute atomic E-state index is 13.4. The van der Waals surface area contributed by atoms with Gasteiger partial charge in [0.2, 0.25) is 0 Å². The molecular weight excluding hydrogens is 544 g/mol. The number of carbonyl (C=O) groups is 3. The quantitative estimate of drug-likeness (QED) is 0.297. The second-order valence-corrected chi connectivity index (χ2v) is 9.29. The standard InChI is InChI=1S/C26H19Cl2F3N4O3/c27-18-9-17(10-19(28)11-18)24(37)35-13-16-3-1-2-4-20(16)21(35)12-33-23(36)15-7-5-14(6-8-15)22(32)34-25(38)26(29,30)31/h1-11,21H,12-13H2,(H,33,36)(H2,32,34,38). The minimum atomic E-state index is -5.13. The van der Waals surface area contributed by atoms with Crippen LogP contribution >= 0.6 is 23.2 Å². The van der Waals surface area contributed by atoms with Crippen molar-refractivity contribution in [1.82, 2.24) is 15.5 Å². The molecule has 4 rings (SSSR count). The first kappa shape index (κ1) is 27.2. The molecule has 3 aromatic carbocycles. The van der Waals surface area contributed by atoms with E-state index in [-0.39, 0.29) is 23.6 Å². The second-order valence-electron chi connectivity index (χ2n) is 8.42. The van der Waals surface area contributed by atoms with E-state index in [4.69, 9.17) is 28.6 Å². The lowest BCUT2D eigenvalue weighted by Gasteiger charge is -2.26. The third kappa shape index (κ3) is 5.98. The van der Waals surface area contributed by atoms with E-state index in [1.54, 1.807) is 4.90 Å². The van der Waals surface area contributed by atoms with Gasteiger partial charge in [0.1, 0.15) is 5.84 Å². The Hall–Kier alpha value is -3.89. The maximum Gasteiger partial charge on any atom is 0.471 e. The van der Waals surface area contributed by atoms with E-state index in [2.05, 4.69) is 5.32 Å². The zero-order chi connectivity index (χ0) is 27.6. The lowest BCUT2D eigenvalue weighted by molar-refractivity contribution is -0.171. The summed E-state index contributed by atoms with van der Waals surface area (Å²) in [6, 6.07) is 16.7. The molecule has 3 N–H and O–H groups in total. The van der Waals surface area contributed by atoms with Crippen LogP contribution in [0.5, 0.6) is 0 Å². The van der Waals surface area contributed by atoms with Crippen LogP contribution < -0.4 is 10.6 Å². The van der Waals surface area contributed by atoms with Crippen LogP contribution in [0.25, 0.3) is 0 Å². The van der Waals surface area contributed by atoms with Crippen LogP contribution in [-0.2, 0) is 11.3 Å². The minimum absolute atomic E-state index is 0.0131. The molecule has 38 heavy (non-hydrogen) atoms. The van der Waals surface area contributed by atoms with Crippen molar-refractivity contribution in [2.75, 3.05) is 6.54 Å². The summed E-state index contributed by atoms with van der Waals surface area (Å²) in [6.07, 6.45) is -5.13. The summed E-state index contributed by atoms with van der Waals surface area (Å²) in [5, 5.41) is 12.5. The zero-order valence-electron chi connectivity index (χ0n) is 19.4. The van der Waals surface area contributed by atoms with E-state index in [1.807, 2.05) is 24.3 Å². The molecule has 1 heterocycles. The number of fused-ring (bicyclic) bond motifs is 1. The molecule has 1 aliphatic heterocycles. The number of amidine groups is 1. The van der Waals surface area contributed by atoms with Gasteiger partial charge in [-0.25, -0.2) is 0 Å². The number of halogens is 5. The highest BCUT2D eigenvalue weighted by atomic mass is 35.5.